The molecule has 3 aromatic rings. The second kappa shape index (κ2) is 7.35. The molecular weight excluding hydrogens is 376 g/mol. The van der Waals surface area contributed by atoms with Gasteiger partial charge in [0.1, 0.15) is 10.7 Å². The molecule has 0 saturated carbocycles. The van der Waals surface area contributed by atoms with E-state index in [0.29, 0.717) is 36.8 Å². The van der Waals surface area contributed by atoms with Crippen LogP contribution in [0.15, 0.2) is 22.8 Å². The molecule has 0 aromatic carbocycles. The summed E-state index contributed by atoms with van der Waals surface area (Å²) in [4.78, 5) is 39.8. The molecule has 3 aromatic heterocycles. The van der Waals surface area contributed by atoms with Gasteiger partial charge in [-0.2, -0.15) is 0 Å². The molecule has 0 aliphatic carbocycles. The Labute approximate surface area is 167 Å². The molecule has 28 heavy (non-hydrogen) atoms. The van der Waals surface area contributed by atoms with Gasteiger partial charge in [-0.05, 0) is 31.5 Å². The van der Waals surface area contributed by atoms with E-state index in [2.05, 4.69) is 9.97 Å². The summed E-state index contributed by atoms with van der Waals surface area (Å²) >= 11 is 1.44. The monoisotopic (exact) mass is 398 g/mol. The maximum atomic E-state index is 13.1. The van der Waals surface area contributed by atoms with Crippen molar-refractivity contribution in [2.75, 3.05) is 26.2 Å². The number of aryl methyl sites for hydroxylation is 3. The van der Waals surface area contributed by atoms with Gasteiger partial charge >= 0.3 is 0 Å². The minimum absolute atomic E-state index is 0.00282. The lowest BCUT2D eigenvalue weighted by molar-refractivity contribution is 0.0520. The predicted molar refractivity (Wildman–Crippen MR) is 107 cm³/mol. The summed E-state index contributed by atoms with van der Waals surface area (Å²) < 4.78 is 5.19. The number of aromatic nitrogens is 2. The zero-order chi connectivity index (χ0) is 19.8. The van der Waals surface area contributed by atoms with E-state index in [0.717, 1.165) is 33.7 Å². The van der Waals surface area contributed by atoms with E-state index in [1.807, 2.05) is 25.7 Å². The van der Waals surface area contributed by atoms with Crippen molar-refractivity contribution in [3.8, 4) is 0 Å². The normalized spacial score (nSPS) is 14.7. The van der Waals surface area contributed by atoms with Gasteiger partial charge in [0, 0.05) is 43.7 Å². The lowest BCUT2D eigenvalue weighted by Gasteiger charge is -2.34. The van der Waals surface area contributed by atoms with Crippen molar-refractivity contribution in [3.63, 3.8) is 0 Å². The summed E-state index contributed by atoms with van der Waals surface area (Å²) in [7, 11) is 0. The Morgan fingerprint density at radius 1 is 1.11 bits per heavy atom. The first kappa shape index (κ1) is 18.6. The largest absolute Gasteiger partial charge is 0.459 e. The molecule has 0 radical (unpaired) electrons. The highest BCUT2D eigenvalue weighted by molar-refractivity contribution is 7.20. The molecule has 1 saturated heterocycles. The van der Waals surface area contributed by atoms with Crippen LogP contribution in [0.2, 0.25) is 0 Å². The van der Waals surface area contributed by atoms with Crippen LogP contribution in [-0.4, -0.2) is 57.8 Å². The fraction of sp³-hybridized carbons (Fsp3) is 0.400. The van der Waals surface area contributed by atoms with Crippen LogP contribution in [0.25, 0.3) is 10.2 Å². The molecule has 1 aliphatic rings. The summed E-state index contributed by atoms with van der Waals surface area (Å²) in [6.07, 6.45) is 2.26. The number of hydrogen-bond acceptors (Lipinski definition) is 6. The third-order valence-electron chi connectivity index (χ3n) is 5.11. The molecule has 1 aliphatic heterocycles. The molecule has 0 unspecified atom stereocenters. The first-order chi connectivity index (χ1) is 13.5. The van der Waals surface area contributed by atoms with E-state index in [1.54, 1.807) is 17.0 Å². The van der Waals surface area contributed by atoms with Gasteiger partial charge in [0.25, 0.3) is 11.8 Å². The van der Waals surface area contributed by atoms with E-state index in [4.69, 9.17) is 4.42 Å². The highest BCUT2D eigenvalue weighted by Crippen LogP contribution is 2.32. The third kappa shape index (κ3) is 3.17. The molecule has 146 valence electrons. The Balaban J connectivity index is 1.52. The van der Waals surface area contributed by atoms with Gasteiger partial charge in [-0.25, -0.2) is 9.97 Å². The first-order valence-electron chi connectivity index (χ1n) is 9.38. The fourth-order valence-corrected chi connectivity index (χ4v) is 4.79. The summed E-state index contributed by atoms with van der Waals surface area (Å²) in [5.74, 6) is 1.01. The molecule has 8 heteroatoms. The van der Waals surface area contributed by atoms with Crippen molar-refractivity contribution in [2.24, 2.45) is 0 Å². The number of rotatable bonds is 3. The number of fused-ring (bicyclic) bond motifs is 1. The lowest BCUT2D eigenvalue weighted by atomic mass is 10.1. The van der Waals surface area contributed by atoms with Gasteiger partial charge < -0.3 is 14.2 Å². The summed E-state index contributed by atoms with van der Waals surface area (Å²) in [5, 5.41) is 0.984. The van der Waals surface area contributed by atoms with Gasteiger partial charge in [0.05, 0.1) is 11.1 Å². The molecule has 4 heterocycles. The van der Waals surface area contributed by atoms with Crippen LogP contribution in [0.4, 0.5) is 0 Å². The van der Waals surface area contributed by atoms with Crippen molar-refractivity contribution >= 4 is 33.4 Å². The minimum Gasteiger partial charge on any atom is -0.459 e. The van der Waals surface area contributed by atoms with E-state index in [9.17, 15) is 9.59 Å². The highest BCUT2D eigenvalue weighted by atomic mass is 32.1. The average Bonchev–Trinajstić information content (AvgIpc) is 3.35. The SMILES string of the molecule is CCc1nc(C)c2c(C)c(C(=O)N3CCN(C(=O)c4ccco4)CC3)sc2n1. The van der Waals surface area contributed by atoms with Crippen molar-refractivity contribution < 1.29 is 14.0 Å². The second-order valence-electron chi connectivity index (χ2n) is 6.88. The van der Waals surface area contributed by atoms with E-state index >= 15 is 0 Å². The number of carbonyl (C=O) groups is 2. The van der Waals surface area contributed by atoms with E-state index in [-0.39, 0.29) is 11.8 Å². The number of hydrogen-bond donors (Lipinski definition) is 0. The highest BCUT2D eigenvalue weighted by Gasteiger charge is 2.29. The second-order valence-corrected chi connectivity index (χ2v) is 7.88. The Bertz CT molecular complexity index is 1030. The number of carbonyl (C=O) groups excluding carboxylic acids is 2. The van der Waals surface area contributed by atoms with Crippen LogP contribution < -0.4 is 0 Å². The van der Waals surface area contributed by atoms with Crippen LogP contribution in [0.3, 0.4) is 0 Å². The molecule has 0 spiro atoms. The van der Waals surface area contributed by atoms with Gasteiger partial charge in [-0.1, -0.05) is 6.92 Å². The smallest absolute Gasteiger partial charge is 0.289 e. The number of nitrogens with zero attached hydrogens (tertiary/aromatic N) is 4. The Kier molecular flexibility index (Phi) is 4.89. The molecule has 0 bridgehead atoms. The summed E-state index contributed by atoms with van der Waals surface area (Å²) in [5.41, 5.74) is 1.86. The van der Waals surface area contributed by atoms with Gasteiger partial charge in [-0.3, -0.25) is 9.59 Å². The zero-order valence-electron chi connectivity index (χ0n) is 16.2. The fourth-order valence-electron chi connectivity index (χ4n) is 3.57. The van der Waals surface area contributed by atoms with Crippen molar-refractivity contribution in [2.45, 2.75) is 27.2 Å². The van der Waals surface area contributed by atoms with Crippen molar-refractivity contribution in [1.29, 1.82) is 0 Å². The Morgan fingerprint density at radius 2 is 1.79 bits per heavy atom. The van der Waals surface area contributed by atoms with Crippen molar-refractivity contribution in [1.82, 2.24) is 19.8 Å². The summed E-state index contributed by atoms with van der Waals surface area (Å²) in [6, 6.07) is 3.36. The average molecular weight is 398 g/mol. The molecule has 1 fully saturated rings. The van der Waals surface area contributed by atoms with Crippen LogP contribution >= 0.6 is 11.3 Å². The third-order valence-corrected chi connectivity index (χ3v) is 6.29. The molecule has 7 nitrogen and oxygen atoms in total. The minimum atomic E-state index is -0.131. The molecule has 2 amide bonds. The van der Waals surface area contributed by atoms with Gasteiger partial charge in [0.2, 0.25) is 0 Å². The molecule has 0 N–H and O–H groups in total. The first-order valence-corrected chi connectivity index (χ1v) is 10.2. The topological polar surface area (TPSA) is 79.5 Å². The van der Waals surface area contributed by atoms with E-state index < -0.39 is 0 Å². The Morgan fingerprint density at radius 3 is 2.39 bits per heavy atom. The lowest BCUT2D eigenvalue weighted by Crippen LogP contribution is -2.50. The number of piperazine rings is 1. The predicted octanol–water partition coefficient (Wildman–Crippen LogP) is 3.06. The standard InChI is InChI=1S/C20H22N4O3S/c1-4-15-21-13(3)16-12(2)17(28-18(16)22-15)20(26)24-9-7-23(8-10-24)19(25)14-6-5-11-27-14/h5-6,11H,4,7-10H2,1-3H3. The zero-order valence-corrected chi connectivity index (χ0v) is 17.0. The number of amides is 2. The van der Waals surface area contributed by atoms with Crippen LogP contribution in [0.5, 0.6) is 0 Å². The molecule has 0 atom stereocenters. The summed E-state index contributed by atoms with van der Waals surface area (Å²) in [6.45, 7) is 7.95. The van der Waals surface area contributed by atoms with Gasteiger partial charge in [-0.15, -0.1) is 11.3 Å². The molecular formula is C20H22N4O3S. The van der Waals surface area contributed by atoms with Gasteiger partial charge in [0.15, 0.2) is 5.76 Å². The van der Waals surface area contributed by atoms with E-state index in [1.165, 1.54) is 17.6 Å². The maximum absolute atomic E-state index is 13.1. The number of thiophene rings is 1. The quantitative estimate of drug-likeness (QED) is 0.677. The Hall–Kier alpha value is -2.74. The van der Waals surface area contributed by atoms with Crippen molar-refractivity contribution in [3.05, 3.63) is 46.1 Å². The van der Waals surface area contributed by atoms with Crippen LogP contribution in [0, 0.1) is 13.8 Å². The number of furan rings is 1. The molecule has 4 rings (SSSR count). The van der Waals surface area contributed by atoms with Crippen LogP contribution in [0.1, 0.15) is 44.2 Å². The van der Waals surface area contributed by atoms with Crippen LogP contribution in [-0.2, 0) is 6.42 Å². The maximum Gasteiger partial charge on any atom is 0.289 e.